The molecule has 0 spiro atoms. The molecule has 0 aliphatic carbocycles. The quantitative estimate of drug-likeness (QED) is 0.728. The predicted molar refractivity (Wildman–Crippen MR) is 94.8 cm³/mol. The number of fused-ring (bicyclic) bond motifs is 1. The molecule has 23 heavy (non-hydrogen) atoms. The van der Waals surface area contributed by atoms with Gasteiger partial charge in [-0.1, -0.05) is 72.8 Å². The molecular weight excluding hydrogens is 280 g/mol. The zero-order chi connectivity index (χ0) is 15.6. The molecular formula is C21H20N2. The largest absolute Gasteiger partial charge is 0.398 e. The highest BCUT2D eigenvalue weighted by molar-refractivity contribution is 5.53. The smallest absolute Gasteiger partial charge is 0.0607 e. The molecule has 0 saturated carbocycles. The zero-order valence-electron chi connectivity index (χ0n) is 13.0. The SMILES string of the molecule is Nc1cccc2c1CN(C(c1ccccc1)c1ccccc1)C2. The second-order valence-electron chi connectivity index (χ2n) is 6.11. The minimum absolute atomic E-state index is 0.254. The Hall–Kier alpha value is -2.58. The van der Waals surface area contributed by atoms with Gasteiger partial charge < -0.3 is 5.73 Å². The van der Waals surface area contributed by atoms with Crippen LogP contribution in [-0.2, 0) is 13.1 Å². The van der Waals surface area contributed by atoms with Crippen molar-refractivity contribution in [2.24, 2.45) is 0 Å². The normalized spacial score (nSPS) is 14.1. The van der Waals surface area contributed by atoms with Gasteiger partial charge in [0, 0.05) is 18.8 Å². The van der Waals surface area contributed by atoms with Crippen LogP contribution in [0, 0.1) is 0 Å². The van der Waals surface area contributed by atoms with Crippen LogP contribution in [0.25, 0.3) is 0 Å². The summed E-state index contributed by atoms with van der Waals surface area (Å²) in [6.45, 7) is 1.84. The third-order valence-electron chi connectivity index (χ3n) is 4.64. The van der Waals surface area contributed by atoms with E-state index >= 15 is 0 Å². The monoisotopic (exact) mass is 300 g/mol. The van der Waals surface area contributed by atoms with E-state index in [0.29, 0.717) is 0 Å². The minimum Gasteiger partial charge on any atom is -0.398 e. The average molecular weight is 300 g/mol. The summed E-state index contributed by atoms with van der Waals surface area (Å²) in [6, 6.07) is 28.0. The molecule has 1 aliphatic heterocycles. The number of benzene rings is 3. The number of nitrogens with two attached hydrogens (primary N) is 1. The van der Waals surface area contributed by atoms with E-state index in [9.17, 15) is 0 Å². The van der Waals surface area contributed by atoms with Gasteiger partial charge in [0.15, 0.2) is 0 Å². The molecule has 4 rings (SSSR count). The molecule has 114 valence electrons. The third-order valence-corrected chi connectivity index (χ3v) is 4.64. The van der Waals surface area contributed by atoms with Crippen LogP contribution in [0.4, 0.5) is 5.69 Å². The van der Waals surface area contributed by atoms with Crippen molar-refractivity contribution in [1.29, 1.82) is 0 Å². The summed E-state index contributed by atoms with van der Waals surface area (Å²) >= 11 is 0. The van der Waals surface area contributed by atoms with Crippen molar-refractivity contribution >= 4 is 5.69 Å². The van der Waals surface area contributed by atoms with E-state index in [2.05, 4.69) is 77.7 Å². The lowest BCUT2D eigenvalue weighted by molar-refractivity contribution is 0.231. The molecule has 1 aliphatic rings. The van der Waals surface area contributed by atoms with Crippen molar-refractivity contribution in [1.82, 2.24) is 4.90 Å². The maximum atomic E-state index is 6.18. The van der Waals surface area contributed by atoms with Gasteiger partial charge in [-0.25, -0.2) is 0 Å². The summed E-state index contributed by atoms with van der Waals surface area (Å²) in [7, 11) is 0. The van der Waals surface area contributed by atoms with E-state index < -0.39 is 0 Å². The Bertz CT molecular complexity index is 757. The Balaban J connectivity index is 1.75. The number of anilines is 1. The number of hydrogen-bond donors (Lipinski definition) is 1. The van der Waals surface area contributed by atoms with E-state index in [1.807, 2.05) is 6.07 Å². The lowest BCUT2D eigenvalue weighted by Crippen LogP contribution is -2.24. The van der Waals surface area contributed by atoms with Gasteiger partial charge in [0.2, 0.25) is 0 Å². The number of rotatable bonds is 3. The summed E-state index contributed by atoms with van der Waals surface area (Å²) in [5.41, 5.74) is 12.4. The molecule has 3 aromatic rings. The Morgan fingerprint density at radius 1 is 0.696 bits per heavy atom. The Labute approximate surface area is 137 Å². The third kappa shape index (κ3) is 2.62. The Morgan fingerprint density at radius 3 is 1.87 bits per heavy atom. The van der Waals surface area contributed by atoms with Gasteiger partial charge >= 0.3 is 0 Å². The van der Waals surface area contributed by atoms with Crippen LogP contribution in [0.15, 0.2) is 78.9 Å². The molecule has 0 amide bonds. The maximum absolute atomic E-state index is 6.18. The van der Waals surface area contributed by atoms with Crippen molar-refractivity contribution in [2.45, 2.75) is 19.1 Å². The predicted octanol–water partition coefficient (Wildman–Crippen LogP) is 4.37. The first-order valence-electron chi connectivity index (χ1n) is 8.03. The second kappa shape index (κ2) is 5.90. The molecule has 0 bridgehead atoms. The van der Waals surface area contributed by atoms with Crippen molar-refractivity contribution in [3.8, 4) is 0 Å². The minimum atomic E-state index is 0.254. The highest BCUT2D eigenvalue weighted by Gasteiger charge is 2.28. The lowest BCUT2D eigenvalue weighted by atomic mass is 9.97. The lowest BCUT2D eigenvalue weighted by Gasteiger charge is -2.28. The van der Waals surface area contributed by atoms with E-state index in [1.54, 1.807) is 0 Å². The Morgan fingerprint density at radius 2 is 1.30 bits per heavy atom. The van der Waals surface area contributed by atoms with Crippen LogP contribution in [-0.4, -0.2) is 4.90 Å². The first-order chi connectivity index (χ1) is 11.3. The van der Waals surface area contributed by atoms with E-state index in [-0.39, 0.29) is 6.04 Å². The number of hydrogen-bond acceptors (Lipinski definition) is 2. The van der Waals surface area contributed by atoms with Crippen molar-refractivity contribution < 1.29 is 0 Å². The van der Waals surface area contributed by atoms with Gasteiger partial charge in [-0.15, -0.1) is 0 Å². The molecule has 3 aromatic carbocycles. The van der Waals surface area contributed by atoms with Crippen LogP contribution in [0.3, 0.4) is 0 Å². The topological polar surface area (TPSA) is 29.3 Å². The molecule has 2 nitrogen and oxygen atoms in total. The van der Waals surface area contributed by atoms with Gasteiger partial charge in [-0.3, -0.25) is 4.90 Å². The first kappa shape index (κ1) is 14.0. The van der Waals surface area contributed by atoms with Crippen LogP contribution >= 0.6 is 0 Å². The number of nitrogens with zero attached hydrogens (tertiary/aromatic N) is 1. The Kier molecular flexibility index (Phi) is 3.60. The maximum Gasteiger partial charge on any atom is 0.0607 e. The molecule has 0 fully saturated rings. The molecule has 0 atom stereocenters. The van der Waals surface area contributed by atoms with Crippen LogP contribution in [0.5, 0.6) is 0 Å². The van der Waals surface area contributed by atoms with Crippen LogP contribution < -0.4 is 5.73 Å². The molecule has 0 unspecified atom stereocenters. The highest BCUT2D eigenvalue weighted by atomic mass is 15.2. The van der Waals surface area contributed by atoms with Crippen LogP contribution in [0.1, 0.15) is 28.3 Å². The standard InChI is InChI=1S/C21H20N2/c22-20-13-7-12-18-14-23(15-19(18)20)21(16-8-3-1-4-9-16)17-10-5-2-6-11-17/h1-13,21H,14-15,22H2. The fraction of sp³-hybridized carbons (Fsp3) is 0.143. The van der Waals surface area contributed by atoms with Crippen molar-refractivity contribution in [3.63, 3.8) is 0 Å². The molecule has 0 aromatic heterocycles. The average Bonchev–Trinajstić information content (AvgIpc) is 3.02. The summed E-state index contributed by atoms with van der Waals surface area (Å²) in [6.07, 6.45) is 0. The van der Waals surface area contributed by atoms with E-state index in [4.69, 9.17) is 5.73 Å². The van der Waals surface area contributed by atoms with Crippen molar-refractivity contribution in [3.05, 3.63) is 101 Å². The van der Waals surface area contributed by atoms with Gasteiger partial charge in [-0.2, -0.15) is 0 Å². The molecule has 1 heterocycles. The second-order valence-corrected chi connectivity index (χ2v) is 6.11. The molecule has 2 heteroatoms. The summed E-state index contributed by atoms with van der Waals surface area (Å²) < 4.78 is 0. The summed E-state index contributed by atoms with van der Waals surface area (Å²) in [5.74, 6) is 0. The first-order valence-corrected chi connectivity index (χ1v) is 8.03. The molecule has 0 radical (unpaired) electrons. The van der Waals surface area contributed by atoms with Gasteiger partial charge in [0.1, 0.15) is 0 Å². The van der Waals surface area contributed by atoms with Gasteiger partial charge in [0.05, 0.1) is 6.04 Å². The highest BCUT2D eigenvalue weighted by Crippen LogP contribution is 2.37. The fourth-order valence-corrected chi connectivity index (χ4v) is 3.54. The van der Waals surface area contributed by atoms with Crippen LogP contribution in [0.2, 0.25) is 0 Å². The zero-order valence-corrected chi connectivity index (χ0v) is 13.0. The fourth-order valence-electron chi connectivity index (χ4n) is 3.54. The number of nitrogen functional groups attached to an aromatic ring is 1. The van der Waals surface area contributed by atoms with E-state index in [0.717, 1.165) is 18.8 Å². The summed E-state index contributed by atoms with van der Waals surface area (Å²) in [5, 5.41) is 0. The van der Waals surface area contributed by atoms with E-state index in [1.165, 1.54) is 22.3 Å². The molecule has 2 N–H and O–H groups in total. The summed E-state index contributed by atoms with van der Waals surface area (Å²) in [4.78, 5) is 2.51. The molecule has 0 saturated heterocycles. The van der Waals surface area contributed by atoms with Gasteiger partial charge in [0.25, 0.3) is 0 Å². The van der Waals surface area contributed by atoms with Crippen molar-refractivity contribution in [2.75, 3.05) is 5.73 Å². The van der Waals surface area contributed by atoms with Gasteiger partial charge in [-0.05, 0) is 28.3 Å².